The molecule has 0 saturated heterocycles. The van der Waals surface area contributed by atoms with Crippen molar-refractivity contribution in [1.82, 2.24) is 5.32 Å². The molecule has 3 aromatic rings. The summed E-state index contributed by atoms with van der Waals surface area (Å²) in [5.41, 5.74) is 7.89. The van der Waals surface area contributed by atoms with Crippen molar-refractivity contribution in [2.75, 3.05) is 18.5 Å². The lowest BCUT2D eigenvalue weighted by atomic mass is 10.1. The number of thiophene rings is 1. The van der Waals surface area contributed by atoms with Crippen LogP contribution in [0.5, 0.6) is 0 Å². The number of amides is 3. The van der Waals surface area contributed by atoms with Crippen LogP contribution in [0.15, 0.2) is 54.6 Å². The van der Waals surface area contributed by atoms with Gasteiger partial charge in [0.15, 0.2) is 6.61 Å². The van der Waals surface area contributed by atoms with E-state index < -0.39 is 30.5 Å². The fourth-order valence-electron chi connectivity index (χ4n) is 3.24. The molecule has 9 nitrogen and oxygen atoms in total. The third kappa shape index (κ3) is 6.67. The Morgan fingerprint density at radius 2 is 1.63 bits per heavy atom. The van der Waals surface area contributed by atoms with Crippen LogP contribution in [0.3, 0.4) is 0 Å². The fourth-order valence-corrected chi connectivity index (χ4v) is 4.46. The minimum absolute atomic E-state index is 0.192. The molecule has 0 radical (unpaired) electrons. The van der Waals surface area contributed by atoms with Gasteiger partial charge in [-0.15, -0.1) is 11.3 Å². The van der Waals surface area contributed by atoms with Crippen LogP contribution in [0.2, 0.25) is 0 Å². The maximum atomic E-state index is 12.6. The second-order valence-electron chi connectivity index (χ2n) is 7.39. The molecule has 1 heterocycles. The van der Waals surface area contributed by atoms with Gasteiger partial charge in [0, 0.05) is 11.4 Å². The van der Waals surface area contributed by atoms with Crippen LogP contribution < -0.4 is 16.4 Å². The van der Waals surface area contributed by atoms with E-state index in [-0.39, 0.29) is 24.3 Å². The molecule has 0 saturated carbocycles. The topological polar surface area (TPSA) is 137 Å². The van der Waals surface area contributed by atoms with Gasteiger partial charge < -0.3 is 25.8 Å². The third-order valence-corrected chi connectivity index (χ3v) is 6.16. The first-order chi connectivity index (χ1) is 16.8. The molecular formula is C25H25N3O6S. The van der Waals surface area contributed by atoms with E-state index in [9.17, 15) is 19.2 Å². The number of anilines is 1. The average Bonchev–Trinajstić information content (AvgIpc) is 3.17. The van der Waals surface area contributed by atoms with E-state index in [1.807, 2.05) is 30.3 Å². The van der Waals surface area contributed by atoms with Gasteiger partial charge in [0.25, 0.3) is 5.91 Å². The molecule has 0 bridgehead atoms. The molecule has 3 amide bonds. The van der Waals surface area contributed by atoms with Crippen molar-refractivity contribution in [2.45, 2.75) is 20.4 Å². The van der Waals surface area contributed by atoms with E-state index in [0.29, 0.717) is 10.6 Å². The maximum absolute atomic E-state index is 12.6. The zero-order valence-corrected chi connectivity index (χ0v) is 20.1. The summed E-state index contributed by atoms with van der Waals surface area (Å²) in [6, 6.07) is 15.2. The van der Waals surface area contributed by atoms with Crippen molar-refractivity contribution in [3.63, 3.8) is 0 Å². The smallest absolute Gasteiger partial charge is 0.341 e. The largest absolute Gasteiger partial charge is 0.462 e. The Morgan fingerprint density at radius 3 is 2.26 bits per heavy atom. The van der Waals surface area contributed by atoms with Crippen LogP contribution in [-0.4, -0.2) is 37.1 Å². The highest BCUT2D eigenvalue weighted by molar-refractivity contribution is 7.20. The van der Waals surface area contributed by atoms with E-state index in [2.05, 4.69) is 10.6 Å². The number of carbonyl (C=O) groups excluding carboxylic acids is 4. The van der Waals surface area contributed by atoms with Gasteiger partial charge in [-0.05, 0) is 42.7 Å². The molecule has 35 heavy (non-hydrogen) atoms. The van der Waals surface area contributed by atoms with Crippen LogP contribution >= 0.6 is 11.3 Å². The number of urea groups is 1. The van der Waals surface area contributed by atoms with Gasteiger partial charge in [0.05, 0.1) is 17.7 Å². The first-order valence-electron chi connectivity index (χ1n) is 10.7. The number of carbonyl (C=O) groups is 4. The van der Waals surface area contributed by atoms with E-state index in [1.165, 1.54) is 23.5 Å². The molecule has 3 rings (SSSR count). The summed E-state index contributed by atoms with van der Waals surface area (Å²) in [6.07, 6.45) is 0. The summed E-state index contributed by atoms with van der Waals surface area (Å²) in [7, 11) is 0. The standard InChI is InChI=1S/C25H25N3O6S/c1-3-33-24(31)20-15(2)21(17-7-5-4-6-8-17)35-22(20)28-19(29)14-34-23(30)18-11-9-16(10-12-18)13-27-25(26)32/h4-12H,3,13-14H2,1-2H3,(H,28,29)(H3,26,27,32). The molecule has 0 aliphatic heterocycles. The van der Waals surface area contributed by atoms with Crippen LogP contribution in [0.25, 0.3) is 10.4 Å². The minimum Gasteiger partial charge on any atom is -0.462 e. The number of hydrogen-bond donors (Lipinski definition) is 3. The summed E-state index contributed by atoms with van der Waals surface area (Å²) in [6.45, 7) is 3.38. The average molecular weight is 496 g/mol. The molecule has 0 aliphatic carbocycles. The quantitative estimate of drug-likeness (QED) is 0.386. The second-order valence-corrected chi connectivity index (χ2v) is 8.41. The van der Waals surface area contributed by atoms with E-state index in [1.54, 1.807) is 26.0 Å². The normalized spacial score (nSPS) is 10.3. The lowest BCUT2D eigenvalue weighted by Crippen LogP contribution is -2.28. The molecule has 182 valence electrons. The zero-order valence-electron chi connectivity index (χ0n) is 19.3. The Morgan fingerprint density at radius 1 is 0.943 bits per heavy atom. The second kappa shape index (κ2) is 11.8. The Balaban J connectivity index is 1.68. The van der Waals surface area contributed by atoms with Gasteiger partial charge >= 0.3 is 18.0 Å². The lowest BCUT2D eigenvalue weighted by Gasteiger charge is -2.08. The van der Waals surface area contributed by atoms with Crippen LogP contribution in [0, 0.1) is 6.92 Å². The van der Waals surface area contributed by atoms with Gasteiger partial charge in [-0.1, -0.05) is 42.5 Å². The van der Waals surface area contributed by atoms with Crippen molar-refractivity contribution in [1.29, 1.82) is 0 Å². The van der Waals surface area contributed by atoms with Gasteiger partial charge in [-0.3, -0.25) is 4.79 Å². The number of hydrogen-bond acceptors (Lipinski definition) is 7. The molecule has 0 atom stereocenters. The van der Waals surface area contributed by atoms with Crippen LogP contribution in [0.1, 0.15) is 38.8 Å². The van der Waals surface area contributed by atoms with Crippen molar-refractivity contribution in [3.8, 4) is 10.4 Å². The van der Waals surface area contributed by atoms with Crippen molar-refractivity contribution in [3.05, 3.63) is 76.9 Å². The molecule has 0 unspecified atom stereocenters. The molecule has 0 spiro atoms. The van der Waals surface area contributed by atoms with Gasteiger partial charge in [-0.2, -0.15) is 0 Å². The number of nitrogens with two attached hydrogens (primary N) is 1. The van der Waals surface area contributed by atoms with E-state index in [0.717, 1.165) is 16.0 Å². The number of nitrogens with one attached hydrogen (secondary N) is 2. The Labute approximate surface area is 206 Å². The molecular weight excluding hydrogens is 470 g/mol. The van der Waals surface area contributed by atoms with Gasteiger partial charge in [0.1, 0.15) is 5.00 Å². The number of benzene rings is 2. The molecule has 10 heteroatoms. The molecule has 2 aromatic carbocycles. The monoisotopic (exact) mass is 495 g/mol. The summed E-state index contributed by atoms with van der Waals surface area (Å²) in [5.74, 6) is -1.82. The number of primary amides is 1. The highest BCUT2D eigenvalue weighted by Gasteiger charge is 2.24. The van der Waals surface area contributed by atoms with Crippen molar-refractivity contribution >= 4 is 40.2 Å². The highest BCUT2D eigenvalue weighted by atomic mass is 32.1. The predicted molar refractivity (Wildman–Crippen MR) is 132 cm³/mol. The van der Waals surface area contributed by atoms with Crippen molar-refractivity contribution < 1.29 is 28.7 Å². The summed E-state index contributed by atoms with van der Waals surface area (Å²) in [5, 5.41) is 5.45. The van der Waals surface area contributed by atoms with E-state index >= 15 is 0 Å². The summed E-state index contributed by atoms with van der Waals surface area (Å²) >= 11 is 1.25. The van der Waals surface area contributed by atoms with Crippen LogP contribution in [0.4, 0.5) is 9.80 Å². The first-order valence-corrected chi connectivity index (χ1v) is 11.6. The maximum Gasteiger partial charge on any atom is 0.341 e. The summed E-state index contributed by atoms with van der Waals surface area (Å²) < 4.78 is 10.3. The Bertz CT molecular complexity index is 1220. The zero-order chi connectivity index (χ0) is 25.4. The highest BCUT2D eigenvalue weighted by Crippen LogP contribution is 2.40. The molecule has 1 aromatic heterocycles. The van der Waals surface area contributed by atoms with E-state index in [4.69, 9.17) is 15.2 Å². The van der Waals surface area contributed by atoms with Gasteiger partial charge in [0.2, 0.25) is 0 Å². The van der Waals surface area contributed by atoms with Gasteiger partial charge in [-0.25, -0.2) is 14.4 Å². The number of esters is 2. The van der Waals surface area contributed by atoms with Crippen LogP contribution in [-0.2, 0) is 20.8 Å². The summed E-state index contributed by atoms with van der Waals surface area (Å²) in [4.78, 5) is 49.1. The lowest BCUT2D eigenvalue weighted by molar-refractivity contribution is -0.119. The molecule has 0 aliphatic rings. The Hall–Kier alpha value is -4.18. The fraction of sp³-hybridized carbons (Fsp3) is 0.200. The molecule has 4 N–H and O–H groups in total. The first kappa shape index (κ1) is 25.4. The molecule has 0 fully saturated rings. The predicted octanol–water partition coefficient (Wildman–Crippen LogP) is 3.86. The minimum atomic E-state index is -0.687. The third-order valence-electron chi connectivity index (χ3n) is 4.91. The SMILES string of the molecule is CCOC(=O)c1c(NC(=O)COC(=O)c2ccc(CNC(N)=O)cc2)sc(-c2ccccc2)c1C. The number of ether oxygens (including phenoxy) is 2. The number of rotatable bonds is 9. The van der Waals surface area contributed by atoms with Crippen molar-refractivity contribution in [2.24, 2.45) is 5.73 Å². The Kier molecular flexibility index (Phi) is 8.58.